The molecule has 0 spiro atoms. The minimum Gasteiger partial charge on any atom is -0.459 e. The van der Waals surface area contributed by atoms with Crippen molar-refractivity contribution in [3.8, 4) is 0 Å². The number of hydrogen-bond acceptors (Lipinski definition) is 4. The SMILES string of the molecule is CC(NC(=O)CNC(=O)CNC(=O)c1ccco1)c1ccc(Cl)cc1Cl. The summed E-state index contributed by atoms with van der Waals surface area (Å²) in [6, 6.07) is 7.66. The summed E-state index contributed by atoms with van der Waals surface area (Å²) in [6.07, 6.45) is 1.35. The van der Waals surface area contributed by atoms with Crippen molar-refractivity contribution in [1.82, 2.24) is 16.0 Å². The highest BCUT2D eigenvalue weighted by atomic mass is 35.5. The summed E-state index contributed by atoms with van der Waals surface area (Å²) < 4.78 is 4.90. The molecule has 0 radical (unpaired) electrons. The van der Waals surface area contributed by atoms with Crippen LogP contribution in [0.1, 0.15) is 29.1 Å². The summed E-state index contributed by atoms with van der Waals surface area (Å²) in [5.74, 6) is -1.31. The van der Waals surface area contributed by atoms with Gasteiger partial charge in [-0.05, 0) is 36.8 Å². The number of carbonyl (C=O) groups excluding carboxylic acids is 3. The van der Waals surface area contributed by atoms with Gasteiger partial charge in [-0.2, -0.15) is 0 Å². The van der Waals surface area contributed by atoms with Crippen LogP contribution in [0.3, 0.4) is 0 Å². The van der Waals surface area contributed by atoms with E-state index >= 15 is 0 Å². The lowest BCUT2D eigenvalue weighted by molar-refractivity contribution is -0.125. The van der Waals surface area contributed by atoms with Gasteiger partial charge >= 0.3 is 0 Å². The number of halogens is 2. The molecule has 0 fully saturated rings. The number of furan rings is 1. The molecule has 0 saturated carbocycles. The highest BCUT2D eigenvalue weighted by Gasteiger charge is 2.14. The number of carbonyl (C=O) groups is 3. The Bertz CT molecular complexity index is 793. The molecule has 0 bridgehead atoms. The molecule has 7 nitrogen and oxygen atoms in total. The zero-order valence-corrected chi connectivity index (χ0v) is 15.4. The Balaban J connectivity index is 1.73. The predicted octanol–water partition coefficient (Wildman–Crippen LogP) is 2.31. The van der Waals surface area contributed by atoms with Gasteiger partial charge in [0.15, 0.2) is 5.76 Å². The minimum absolute atomic E-state index is 0.101. The maximum Gasteiger partial charge on any atom is 0.287 e. The maximum absolute atomic E-state index is 11.9. The van der Waals surface area contributed by atoms with Gasteiger partial charge in [-0.25, -0.2) is 0 Å². The van der Waals surface area contributed by atoms with E-state index < -0.39 is 17.7 Å². The van der Waals surface area contributed by atoms with Crippen LogP contribution in [-0.4, -0.2) is 30.8 Å². The molecule has 3 amide bonds. The molecule has 1 atom stereocenters. The fourth-order valence-corrected chi connectivity index (χ4v) is 2.69. The molecule has 1 aromatic heterocycles. The first-order chi connectivity index (χ1) is 12.4. The van der Waals surface area contributed by atoms with E-state index in [1.54, 1.807) is 31.2 Å². The first-order valence-corrected chi connectivity index (χ1v) is 8.45. The smallest absolute Gasteiger partial charge is 0.287 e. The van der Waals surface area contributed by atoms with Crippen molar-refractivity contribution in [1.29, 1.82) is 0 Å². The molecule has 1 aromatic carbocycles. The number of amides is 3. The Kier molecular flexibility index (Phi) is 7.06. The van der Waals surface area contributed by atoms with E-state index in [-0.39, 0.29) is 24.9 Å². The van der Waals surface area contributed by atoms with Crippen LogP contribution in [-0.2, 0) is 9.59 Å². The summed E-state index contributed by atoms with van der Waals surface area (Å²) in [5, 5.41) is 8.45. The third-order valence-electron chi connectivity index (χ3n) is 3.41. The number of hydrogen-bond donors (Lipinski definition) is 3. The van der Waals surface area contributed by atoms with Crippen LogP contribution in [0.25, 0.3) is 0 Å². The topological polar surface area (TPSA) is 100 Å². The van der Waals surface area contributed by atoms with Crippen molar-refractivity contribution in [3.05, 3.63) is 58.0 Å². The number of rotatable bonds is 7. The van der Waals surface area contributed by atoms with E-state index in [2.05, 4.69) is 16.0 Å². The Morgan fingerprint density at radius 2 is 1.81 bits per heavy atom. The lowest BCUT2D eigenvalue weighted by Gasteiger charge is -2.16. The molecular formula is C17H17Cl2N3O4. The summed E-state index contributed by atoms with van der Waals surface area (Å²) in [6.45, 7) is 1.26. The molecule has 2 aromatic rings. The van der Waals surface area contributed by atoms with Gasteiger partial charge in [0.1, 0.15) is 0 Å². The monoisotopic (exact) mass is 397 g/mol. The highest BCUT2D eigenvalue weighted by Crippen LogP contribution is 2.25. The lowest BCUT2D eigenvalue weighted by atomic mass is 10.1. The first-order valence-electron chi connectivity index (χ1n) is 7.69. The largest absolute Gasteiger partial charge is 0.459 e. The molecular weight excluding hydrogens is 381 g/mol. The Morgan fingerprint density at radius 3 is 2.46 bits per heavy atom. The molecule has 1 unspecified atom stereocenters. The Labute approximate surface area is 160 Å². The van der Waals surface area contributed by atoms with Crippen LogP contribution in [0, 0.1) is 0 Å². The van der Waals surface area contributed by atoms with Gasteiger partial charge in [-0.15, -0.1) is 0 Å². The molecule has 138 valence electrons. The van der Waals surface area contributed by atoms with Crippen LogP contribution in [0.15, 0.2) is 41.0 Å². The molecule has 2 rings (SSSR count). The summed E-state index contributed by atoms with van der Waals surface area (Å²) in [4.78, 5) is 35.3. The summed E-state index contributed by atoms with van der Waals surface area (Å²) in [5.41, 5.74) is 0.710. The molecule has 0 aliphatic carbocycles. The quantitative estimate of drug-likeness (QED) is 0.666. The molecule has 3 N–H and O–H groups in total. The molecule has 26 heavy (non-hydrogen) atoms. The third-order valence-corrected chi connectivity index (χ3v) is 3.97. The summed E-state index contributed by atoms with van der Waals surface area (Å²) in [7, 11) is 0. The van der Waals surface area contributed by atoms with E-state index in [1.165, 1.54) is 12.3 Å². The van der Waals surface area contributed by atoms with Crippen molar-refractivity contribution >= 4 is 40.9 Å². The second-order valence-electron chi connectivity index (χ2n) is 5.39. The molecule has 0 saturated heterocycles. The maximum atomic E-state index is 11.9. The van der Waals surface area contributed by atoms with Crippen molar-refractivity contribution in [2.75, 3.05) is 13.1 Å². The van der Waals surface area contributed by atoms with E-state index in [0.717, 1.165) is 0 Å². The van der Waals surface area contributed by atoms with Crippen LogP contribution >= 0.6 is 23.2 Å². The van der Waals surface area contributed by atoms with E-state index in [0.29, 0.717) is 15.6 Å². The van der Waals surface area contributed by atoms with Gasteiger partial charge in [0.2, 0.25) is 11.8 Å². The van der Waals surface area contributed by atoms with Crippen LogP contribution in [0.2, 0.25) is 10.0 Å². The van der Waals surface area contributed by atoms with Gasteiger partial charge in [0.25, 0.3) is 5.91 Å². The van der Waals surface area contributed by atoms with Crippen LogP contribution < -0.4 is 16.0 Å². The Hall–Kier alpha value is -2.51. The zero-order chi connectivity index (χ0) is 19.1. The lowest BCUT2D eigenvalue weighted by Crippen LogP contribution is -2.42. The highest BCUT2D eigenvalue weighted by molar-refractivity contribution is 6.35. The standard InChI is InChI=1S/C17H17Cl2N3O4/c1-10(12-5-4-11(18)7-13(12)19)22-16(24)9-20-15(23)8-21-17(25)14-3-2-6-26-14/h2-7,10H,8-9H2,1H3,(H,20,23)(H,21,25)(H,22,24). The van der Waals surface area contributed by atoms with Crippen LogP contribution in [0.4, 0.5) is 0 Å². The van der Waals surface area contributed by atoms with Gasteiger partial charge in [0.05, 0.1) is 25.4 Å². The van der Waals surface area contributed by atoms with E-state index in [4.69, 9.17) is 27.6 Å². The predicted molar refractivity (Wildman–Crippen MR) is 97.1 cm³/mol. The molecule has 0 aliphatic rings. The second kappa shape index (κ2) is 9.26. The average Bonchev–Trinajstić information content (AvgIpc) is 3.12. The zero-order valence-electron chi connectivity index (χ0n) is 13.8. The molecule has 0 aliphatic heterocycles. The fourth-order valence-electron chi connectivity index (χ4n) is 2.12. The van der Waals surface area contributed by atoms with Crippen molar-refractivity contribution in [2.45, 2.75) is 13.0 Å². The van der Waals surface area contributed by atoms with Gasteiger partial charge in [-0.3, -0.25) is 14.4 Å². The van der Waals surface area contributed by atoms with Gasteiger partial charge in [-0.1, -0.05) is 29.3 Å². The first kappa shape index (κ1) is 19.8. The second-order valence-corrected chi connectivity index (χ2v) is 6.24. The fraction of sp³-hybridized carbons (Fsp3) is 0.235. The van der Waals surface area contributed by atoms with E-state index in [9.17, 15) is 14.4 Å². The minimum atomic E-state index is -0.513. The van der Waals surface area contributed by atoms with Crippen molar-refractivity contribution < 1.29 is 18.8 Å². The summed E-state index contributed by atoms with van der Waals surface area (Å²) >= 11 is 11.9. The van der Waals surface area contributed by atoms with Crippen LogP contribution in [0.5, 0.6) is 0 Å². The van der Waals surface area contributed by atoms with Gasteiger partial charge < -0.3 is 20.4 Å². The Morgan fingerprint density at radius 1 is 1.08 bits per heavy atom. The molecule has 1 heterocycles. The number of nitrogens with one attached hydrogen (secondary N) is 3. The van der Waals surface area contributed by atoms with E-state index in [1.807, 2.05) is 0 Å². The average molecular weight is 398 g/mol. The number of benzene rings is 1. The van der Waals surface area contributed by atoms with Crippen molar-refractivity contribution in [2.24, 2.45) is 0 Å². The molecule has 9 heteroatoms. The van der Waals surface area contributed by atoms with Gasteiger partial charge in [0, 0.05) is 10.0 Å². The van der Waals surface area contributed by atoms with Crippen molar-refractivity contribution in [3.63, 3.8) is 0 Å². The normalized spacial score (nSPS) is 11.5. The third kappa shape index (κ3) is 5.79.